The minimum atomic E-state index is -1.13. The molecular weight excluding hydrogens is 446 g/mol. The van der Waals surface area contributed by atoms with Crippen molar-refractivity contribution in [3.8, 4) is 0 Å². The van der Waals surface area contributed by atoms with Gasteiger partial charge in [-0.1, -0.05) is 34.1 Å². The van der Waals surface area contributed by atoms with Crippen LogP contribution in [0.2, 0.25) is 0 Å². The molecule has 0 aromatic heterocycles. The Balaban J connectivity index is 5.43. The topological polar surface area (TPSA) is 177 Å². The highest BCUT2D eigenvalue weighted by Crippen LogP contribution is 2.11. The summed E-state index contributed by atoms with van der Waals surface area (Å²) in [5.41, 5.74) is 11.5. The number of thioether (sulfide) groups is 1. The zero-order valence-corrected chi connectivity index (χ0v) is 21.4. The predicted molar refractivity (Wildman–Crippen MR) is 132 cm³/mol. The molecule has 5 atom stereocenters. The maximum Gasteiger partial charge on any atom is 0.326 e. The van der Waals surface area contributed by atoms with E-state index in [1.54, 1.807) is 32.5 Å². The summed E-state index contributed by atoms with van der Waals surface area (Å²) < 4.78 is 0. The molecule has 0 aromatic carbocycles. The largest absolute Gasteiger partial charge is 0.480 e. The molecule has 0 spiro atoms. The molecule has 3 amide bonds. The number of hydrogen-bond donors (Lipinski definition) is 6. The highest BCUT2D eigenvalue weighted by atomic mass is 32.2. The lowest BCUT2D eigenvalue weighted by Crippen LogP contribution is -2.58. The van der Waals surface area contributed by atoms with Gasteiger partial charge in [-0.2, -0.15) is 11.8 Å². The van der Waals surface area contributed by atoms with Crippen LogP contribution in [0.15, 0.2) is 0 Å². The van der Waals surface area contributed by atoms with E-state index in [1.165, 1.54) is 0 Å². The van der Waals surface area contributed by atoms with Crippen molar-refractivity contribution in [1.82, 2.24) is 16.0 Å². The van der Waals surface area contributed by atoms with Gasteiger partial charge in [-0.3, -0.25) is 14.4 Å². The molecule has 0 radical (unpaired) electrons. The zero-order chi connectivity index (χ0) is 25.6. The molecule has 33 heavy (non-hydrogen) atoms. The van der Waals surface area contributed by atoms with Crippen LogP contribution in [-0.2, 0) is 19.2 Å². The second-order valence-electron chi connectivity index (χ2n) is 8.67. The number of hydrogen-bond acceptors (Lipinski definition) is 7. The maximum absolute atomic E-state index is 13.0. The second kappa shape index (κ2) is 16.7. The molecule has 5 unspecified atom stereocenters. The van der Waals surface area contributed by atoms with Crippen LogP contribution in [-0.4, -0.2) is 71.5 Å². The van der Waals surface area contributed by atoms with Crippen molar-refractivity contribution in [1.29, 1.82) is 0 Å². The summed E-state index contributed by atoms with van der Waals surface area (Å²) in [7, 11) is 0. The summed E-state index contributed by atoms with van der Waals surface area (Å²) in [5, 5.41) is 17.4. The number of aliphatic carboxylic acids is 1. The summed E-state index contributed by atoms with van der Waals surface area (Å²) in [5.74, 6) is -2.45. The highest BCUT2D eigenvalue weighted by Gasteiger charge is 2.32. The van der Waals surface area contributed by atoms with E-state index in [9.17, 15) is 24.3 Å². The molecule has 0 aromatic rings. The van der Waals surface area contributed by atoms with Crippen molar-refractivity contribution in [3.63, 3.8) is 0 Å². The summed E-state index contributed by atoms with van der Waals surface area (Å²) in [6, 6.07) is -3.63. The number of carbonyl (C=O) groups excluding carboxylic acids is 3. The monoisotopic (exact) mass is 489 g/mol. The Kier molecular flexibility index (Phi) is 15.8. The molecule has 0 heterocycles. The van der Waals surface area contributed by atoms with E-state index in [0.717, 1.165) is 5.75 Å². The van der Waals surface area contributed by atoms with Crippen molar-refractivity contribution in [2.45, 2.75) is 84.0 Å². The number of rotatable bonds is 17. The number of carboxylic acids is 1. The van der Waals surface area contributed by atoms with Crippen LogP contribution in [0.5, 0.6) is 0 Å². The van der Waals surface area contributed by atoms with Crippen LogP contribution < -0.4 is 27.4 Å². The second-order valence-corrected chi connectivity index (χ2v) is 9.66. The molecule has 0 aliphatic heterocycles. The number of amides is 3. The summed E-state index contributed by atoms with van der Waals surface area (Å²) >= 11 is 1.58. The molecule has 0 saturated heterocycles. The molecule has 0 fully saturated rings. The van der Waals surface area contributed by atoms with Gasteiger partial charge in [0.15, 0.2) is 0 Å². The van der Waals surface area contributed by atoms with E-state index in [-0.39, 0.29) is 11.8 Å². The molecule has 11 heteroatoms. The molecule has 0 aliphatic rings. The average Bonchev–Trinajstić information content (AvgIpc) is 2.77. The van der Waals surface area contributed by atoms with Crippen LogP contribution in [0.4, 0.5) is 0 Å². The molecule has 10 nitrogen and oxygen atoms in total. The fourth-order valence-electron chi connectivity index (χ4n) is 3.13. The van der Waals surface area contributed by atoms with Crippen molar-refractivity contribution < 1.29 is 24.3 Å². The number of nitrogens with one attached hydrogen (secondary N) is 3. The minimum Gasteiger partial charge on any atom is -0.480 e. The van der Waals surface area contributed by atoms with Crippen molar-refractivity contribution in [2.75, 3.05) is 18.6 Å². The Morgan fingerprint density at radius 3 is 2.00 bits per heavy atom. The van der Waals surface area contributed by atoms with Crippen LogP contribution in [0.3, 0.4) is 0 Å². The summed E-state index contributed by atoms with van der Waals surface area (Å²) in [6.45, 7) is 7.58. The SMILES string of the molecule is CCC(C)C(NC(=O)C(CCCCN)NC(=O)C(NC(=O)C(N)CCSC)C(C)C)C(=O)O. The maximum atomic E-state index is 13.0. The molecule has 0 rings (SSSR count). The number of carboxylic acid groups (broad SMARTS) is 1. The number of unbranched alkanes of at least 4 members (excludes halogenated alkanes) is 1. The van der Waals surface area contributed by atoms with Gasteiger partial charge < -0.3 is 32.5 Å². The van der Waals surface area contributed by atoms with Crippen LogP contribution in [0.1, 0.15) is 59.8 Å². The first-order chi connectivity index (χ1) is 15.5. The average molecular weight is 490 g/mol. The standard InChI is InChI=1S/C22H43N5O5S/c1-6-14(4)18(22(31)32)27-20(29)16(9-7-8-11-23)25-21(30)17(13(2)3)26-19(28)15(24)10-12-33-5/h13-18H,6-12,23-24H2,1-5H3,(H,25,30)(H,26,28)(H,27,29)(H,31,32). The Hall–Kier alpha value is -1.85. The van der Waals surface area contributed by atoms with Crippen molar-refractivity contribution in [2.24, 2.45) is 23.3 Å². The quantitative estimate of drug-likeness (QED) is 0.159. The first-order valence-electron chi connectivity index (χ1n) is 11.6. The molecule has 0 saturated carbocycles. The lowest BCUT2D eigenvalue weighted by Gasteiger charge is -2.28. The van der Waals surface area contributed by atoms with E-state index in [4.69, 9.17) is 11.5 Å². The van der Waals surface area contributed by atoms with Crippen LogP contribution in [0.25, 0.3) is 0 Å². The molecule has 0 bridgehead atoms. The van der Waals surface area contributed by atoms with Gasteiger partial charge >= 0.3 is 5.97 Å². The van der Waals surface area contributed by atoms with Gasteiger partial charge in [-0.05, 0) is 56.1 Å². The van der Waals surface area contributed by atoms with Gasteiger partial charge in [0.1, 0.15) is 18.1 Å². The first-order valence-corrected chi connectivity index (χ1v) is 13.0. The van der Waals surface area contributed by atoms with Crippen LogP contribution >= 0.6 is 11.8 Å². The van der Waals surface area contributed by atoms with E-state index in [0.29, 0.717) is 38.6 Å². The summed E-state index contributed by atoms with van der Waals surface area (Å²) in [4.78, 5) is 50.0. The van der Waals surface area contributed by atoms with Gasteiger partial charge in [0.25, 0.3) is 0 Å². The fraction of sp³-hybridized carbons (Fsp3) is 0.818. The third kappa shape index (κ3) is 11.7. The normalized spacial score (nSPS) is 15.8. The Labute approximate surface area is 201 Å². The lowest BCUT2D eigenvalue weighted by atomic mass is 9.98. The molecular formula is C22H43N5O5S. The van der Waals surface area contributed by atoms with Gasteiger partial charge in [-0.25, -0.2) is 4.79 Å². The Morgan fingerprint density at radius 2 is 1.52 bits per heavy atom. The number of nitrogens with two attached hydrogens (primary N) is 2. The first kappa shape index (κ1) is 31.1. The van der Waals surface area contributed by atoms with Gasteiger partial charge in [-0.15, -0.1) is 0 Å². The predicted octanol–water partition coefficient (Wildman–Crippen LogP) is 0.437. The van der Waals surface area contributed by atoms with Gasteiger partial charge in [0, 0.05) is 0 Å². The van der Waals surface area contributed by atoms with Gasteiger partial charge in [0.2, 0.25) is 17.7 Å². The smallest absolute Gasteiger partial charge is 0.326 e. The van der Waals surface area contributed by atoms with Crippen molar-refractivity contribution in [3.05, 3.63) is 0 Å². The van der Waals surface area contributed by atoms with Gasteiger partial charge in [0.05, 0.1) is 6.04 Å². The third-order valence-corrected chi connectivity index (χ3v) is 6.22. The Bertz CT molecular complexity index is 634. The van der Waals surface area contributed by atoms with E-state index in [1.807, 2.05) is 13.2 Å². The van der Waals surface area contributed by atoms with E-state index in [2.05, 4.69) is 16.0 Å². The van der Waals surface area contributed by atoms with Crippen LogP contribution in [0, 0.1) is 11.8 Å². The third-order valence-electron chi connectivity index (χ3n) is 5.57. The minimum absolute atomic E-state index is 0.249. The van der Waals surface area contributed by atoms with E-state index < -0.39 is 47.9 Å². The highest BCUT2D eigenvalue weighted by molar-refractivity contribution is 7.98. The molecule has 192 valence electrons. The molecule has 8 N–H and O–H groups in total. The zero-order valence-electron chi connectivity index (χ0n) is 20.6. The summed E-state index contributed by atoms with van der Waals surface area (Å²) in [6.07, 6.45) is 4.50. The van der Waals surface area contributed by atoms with E-state index >= 15 is 0 Å². The number of carbonyl (C=O) groups is 4. The Morgan fingerprint density at radius 1 is 0.909 bits per heavy atom. The molecule has 0 aliphatic carbocycles. The van der Waals surface area contributed by atoms with Crippen molar-refractivity contribution >= 4 is 35.5 Å². The lowest BCUT2D eigenvalue weighted by molar-refractivity contribution is -0.144. The fourth-order valence-corrected chi connectivity index (χ4v) is 3.62.